The molecule has 0 aromatic rings. The van der Waals surface area contributed by atoms with Gasteiger partial charge in [-0.25, -0.2) is 4.79 Å². The summed E-state index contributed by atoms with van der Waals surface area (Å²) in [6, 6.07) is 0.500. The van der Waals surface area contributed by atoms with Crippen molar-refractivity contribution in [3.8, 4) is 0 Å². The molecule has 3 fully saturated rings. The van der Waals surface area contributed by atoms with Crippen molar-refractivity contribution in [2.45, 2.75) is 51.2 Å². The number of carbonyl (C=O) groups excluding carboxylic acids is 1. The summed E-state index contributed by atoms with van der Waals surface area (Å²) in [5, 5.41) is 9.30. The third-order valence-electron chi connectivity index (χ3n) is 5.52. The highest BCUT2D eigenvalue weighted by Gasteiger charge is 2.52. The van der Waals surface area contributed by atoms with Crippen LogP contribution in [-0.4, -0.2) is 76.1 Å². The smallest absolute Gasteiger partial charge is 0.320 e. The van der Waals surface area contributed by atoms with Crippen LogP contribution in [0, 0.1) is 5.92 Å². The molecule has 118 valence electrons. The molecule has 3 saturated heterocycles. The average Bonchev–Trinajstić information content (AvgIpc) is 3.04. The highest BCUT2D eigenvalue weighted by molar-refractivity contribution is 5.79. The number of fused-ring (bicyclic) bond motifs is 2. The molecule has 4 unspecified atom stereocenters. The Bertz CT molecular complexity index is 442. The maximum Gasteiger partial charge on any atom is 0.320 e. The fraction of sp³-hybridized carbons (Fsp3) is 0.867. The first kappa shape index (κ1) is 14.6. The van der Waals surface area contributed by atoms with Crippen LogP contribution in [0.3, 0.4) is 0 Å². The van der Waals surface area contributed by atoms with Gasteiger partial charge in [0.25, 0.3) is 0 Å². The molecular weight excluding hydrogens is 270 g/mol. The lowest BCUT2D eigenvalue weighted by Gasteiger charge is -2.41. The van der Waals surface area contributed by atoms with Crippen LogP contribution >= 0.6 is 0 Å². The van der Waals surface area contributed by atoms with E-state index >= 15 is 0 Å². The van der Waals surface area contributed by atoms with Gasteiger partial charge in [-0.2, -0.15) is 0 Å². The van der Waals surface area contributed by atoms with Crippen LogP contribution in [0.25, 0.3) is 0 Å². The maximum absolute atomic E-state index is 12.8. The van der Waals surface area contributed by atoms with Gasteiger partial charge in [-0.05, 0) is 32.7 Å². The molecule has 0 spiro atoms. The van der Waals surface area contributed by atoms with E-state index in [0.717, 1.165) is 39.0 Å². The summed E-state index contributed by atoms with van der Waals surface area (Å²) in [7, 11) is 0. The Labute approximate surface area is 125 Å². The Hall–Kier alpha value is -1.30. The van der Waals surface area contributed by atoms with Crippen LogP contribution in [0.1, 0.15) is 33.1 Å². The zero-order valence-electron chi connectivity index (χ0n) is 12.9. The van der Waals surface area contributed by atoms with E-state index in [0.29, 0.717) is 12.5 Å². The number of likely N-dealkylation sites (N-methyl/N-ethyl adjacent to an activating group) is 1. The molecule has 3 rings (SSSR count). The van der Waals surface area contributed by atoms with Gasteiger partial charge in [-0.15, -0.1) is 0 Å². The van der Waals surface area contributed by atoms with Crippen molar-refractivity contribution in [1.29, 1.82) is 0 Å². The molecule has 3 aliphatic rings. The zero-order valence-corrected chi connectivity index (χ0v) is 12.9. The molecule has 1 N–H and O–H groups in total. The fourth-order valence-electron chi connectivity index (χ4n) is 4.35. The number of aliphatic carboxylic acids is 1. The van der Waals surface area contributed by atoms with Crippen molar-refractivity contribution in [1.82, 2.24) is 14.7 Å². The van der Waals surface area contributed by atoms with E-state index in [2.05, 4.69) is 18.7 Å². The van der Waals surface area contributed by atoms with E-state index in [4.69, 9.17) is 0 Å². The van der Waals surface area contributed by atoms with Crippen LogP contribution in [0.2, 0.25) is 0 Å². The second-order valence-electron chi connectivity index (χ2n) is 6.59. The van der Waals surface area contributed by atoms with E-state index < -0.39 is 5.97 Å². The summed E-state index contributed by atoms with van der Waals surface area (Å²) >= 11 is 0. The Morgan fingerprint density at radius 3 is 2.57 bits per heavy atom. The van der Waals surface area contributed by atoms with Crippen LogP contribution in [0.15, 0.2) is 0 Å². The molecule has 6 nitrogen and oxygen atoms in total. The molecule has 4 atom stereocenters. The molecule has 0 aliphatic carbocycles. The van der Waals surface area contributed by atoms with Crippen LogP contribution in [-0.2, 0) is 4.79 Å². The standard InChI is InChI=1S/C15H25N3O3/c1-3-16-6-7-17(9-10(16)2)15(21)18-11-4-5-13(18)12(8-11)14(19)20/h10-13H,3-9H2,1-2H3,(H,19,20). The van der Waals surface area contributed by atoms with E-state index in [1.54, 1.807) is 0 Å². The van der Waals surface area contributed by atoms with Gasteiger partial charge in [0.1, 0.15) is 0 Å². The lowest BCUT2D eigenvalue weighted by Crippen LogP contribution is -2.57. The van der Waals surface area contributed by atoms with Gasteiger partial charge < -0.3 is 14.9 Å². The molecule has 2 amide bonds. The van der Waals surface area contributed by atoms with Gasteiger partial charge in [-0.3, -0.25) is 9.69 Å². The fourth-order valence-corrected chi connectivity index (χ4v) is 4.35. The minimum Gasteiger partial charge on any atom is -0.481 e. The number of hydrogen-bond acceptors (Lipinski definition) is 3. The second kappa shape index (κ2) is 5.48. The number of carboxylic acids is 1. The normalized spacial score (nSPS) is 36.3. The summed E-state index contributed by atoms with van der Waals surface area (Å²) in [5.74, 6) is -1.11. The lowest BCUT2D eigenvalue weighted by atomic mass is 9.89. The highest BCUT2D eigenvalue weighted by Crippen LogP contribution is 2.42. The van der Waals surface area contributed by atoms with Crippen LogP contribution in [0.5, 0.6) is 0 Å². The number of urea groups is 1. The van der Waals surface area contributed by atoms with Gasteiger partial charge >= 0.3 is 12.0 Å². The van der Waals surface area contributed by atoms with E-state index in [1.165, 1.54) is 0 Å². The number of rotatable bonds is 2. The number of carbonyl (C=O) groups is 2. The number of amides is 2. The largest absolute Gasteiger partial charge is 0.481 e. The monoisotopic (exact) mass is 295 g/mol. The van der Waals surface area contributed by atoms with Gasteiger partial charge in [0.15, 0.2) is 0 Å². The molecule has 2 bridgehead atoms. The van der Waals surface area contributed by atoms with Gasteiger partial charge in [0.05, 0.1) is 5.92 Å². The van der Waals surface area contributed by atoms with Crippen molar-refractivity contribution in [2.24, 2.45) is 5.92 Å². The Kier molecular flexibility index (Phi) is 3.82. The Morgan fingerprint density at radius 2 is 2.00 bits per heavy atom. The molecule has 3 aliphatic heterocycles. The maximum atomic E-state index is 12.8. The topological polar surface area (TPSA) is 64.1 Å². The number of nitrogens with zero attached hydrogens (tertiary/aromatic N) is 3. The minimum atomic E-state index is -0.746. The van der Waals surface area contributed by atoms with E-state index in [-0.39, 0.29) is 24.0 Å². The average molecular weight is 295 g/mol. The predicted molar refractivity (Wildman–Crippen MR) is 78.1 cm³/mol. The van der Waals surface area contributed by atoms with E-state index in [1.807, 2.05) is 9.80 Å². The van der Waals surface area contributed by atoms with Crippen LogP contribution in [0.4, 0.5) is 4.79 Å². The first-order chi connectivity index (χ1) is 10.0. The van der Waals surface area contributed by atoms with Gasteiger partial charge in [0, 0.05) is 37.8 Å². The number of piperazine rings is 1. The van der Waals surface area contributed by atoms with Crippen molar-refractivity contribution in [2.75, 3.05) is 26.2 Å². The molecule has 6 heteroatoms. The Balaban J connectivity index is 1.68. The summed E-state index contributed by atoms with van der Waals surface area (Å²) in [6.07, 6.45) is 2.44. The lowest BCUT2D eigenvalue weighted by molar-refractivity contribution is -0.142. The second-order valence-corrected chi connectivity index (χ2v) is 6.59. The van der Waals surface area contributed by atoms with E-state index in [9.17, 15) is 14.7 Å². The quantitative estimate of drug-likeness (QED) is 0.827. The molecule has 0 aromatic carbocycles. The molecule has 0 aromatic heterocycles. The third-order valence-corrected chi connectivity index (χ3v) is 5.52. The molecule has 0 radical (unpaired) electrons. The first-order valence-corrected chi connectivity index (χ1v) is 8.07. The molecule has 3 heterocycles. The molecular formula is C15H25N3O3. The third kappa shape index (κ3) is 2.39. The molecule has 21 heavy (non-hydrogen) atoms. The summed E-state index contributed by atoms with van der Waals surface area (Å²) in [6.45, 7) is 7.73. The first-order valence-electron chi connectivity index (χ1n) is 8.07. The minimum absolute atomic E-state index is 0.0638. The predicted octanol–water partition coefficient (Wildman–Crippen LogP) is 1.07. The van der Waals surface area contributed by atoms with Crippen molar-refractivity contribution >= 4 is 12.0 Å². The zero-order chi connectivity index (χ0) is 15.1. The van der Waals surface area contributed by atoms with Crippen molar-refractivity contribution in [3.05, 3.63) is 0 Å². The number of hydrogen-bond donors (Lipinski definition) is 1. The van der Waals surface area contributed by atoms with Crippen LogP contribution < -0.4 is 0 Å². The summed E-state index contributed by atoms with van der Waals surface area (Å²) in [5.41, 5.74) is 0. The molecule has 0 saturated carbocycles. The summed E-state index contributed by atoms with van der Waals surface area (Å²) < 4.78 is 0. The summed E-state index contributed by atoms with van der Waals surface area (Å²) in [4.78, 5) is 30.3. The highest BCUT2D eigenvalue weighted by atomic mass is 16.4. The number of carboxylic acid groups (broad SMARTS) is 1. The van der Waals surface area contributed by atoms with Crippen molar-refractivity contribution < 1.29 is 14.7 Å². The van der Waals surface area contributed by atoms with Gasteiger partial charge in [-0.1, -0.05) is 6.92 Å². The van der Waals surface area contributed by atoms with Gasteiger partial charge in [0.2, 0.25) is 0 Å². The Morgan fingerprint density at radius 1 is 1.24 bits per heavy atom. The van der Waals surface area contributed by atoms with Crippen molar-refractivity contribution in [3.63, 3.8) is 0 Å². The SMILES string of the molecule is CCN1CCN(C(=O)N2C3CCC2C(C(=O)O)C3)CC1C.